The quantitative estimate of drug-likeness (QED) is 0.0327. The highest BCUT2D eigenvalue weighted by Gasteiger charge is 2.20. The first kappa shape index (κ1) is 57.7. The zero-order chi connectivity index (χ0) is 48.0. The molecule has 0 saturated carbocycles. The summed E-state index contributed by atoms with van der Waals surface area (Å²) in [5.74, 6) is 6.46. The Hall–Kier alpha value is -2.84. The highest BCUT2D eigenvalue weighted by molar-refractivity contribution is 7.99. The zero-order valence-electron chi connectivity index (χ0n) is 44.1. The summed E-state index contributed by atoms with van der Waals surface area (Å²) in [4.78, 5) is 0. The monoisotopic (exact) mass is 973 g/mol. The van der Waals surface area contributed by atoms with E-state index in [2.05, 4.69) is 156 Å². The van der Waals surface area contributed by atoms with Crippen molar-refractivity contribution in [3.63, 3.8) is 0 Å². The van der Waals surface area contributed by atoms with Gasteiger partial charge in [0.2, 0.25) is 12.7 Å². The van der Waals surface area contributed by atoms with Crippen molar-refractivity contribution in [1.82, 2.24) is 9.13 Å². The van der Waals surface area contributed by atoms with Crippen molar-refractivity contribution < 1.29 is 18.6 Å². The Bertz CT molecular complexity index is 1650. The van der Waals surface area contributed by atoms with Crippen molar-refractivity contribution in [1.29, 1.82) is 0 Å². The number of thioether (sulfide) groups is 2. The number of rotatable bonds is 45. The molecule has 0 aliphatic rings. The van der Waals surface area contributed by atoms with Crippen LogP contribution in [0.3, 0.4) is 0 Å². The van der Waals surface area contributed by atoms with Gasteiger partial charge in [-0.1, -0.05) is 192 Å². The molecule has 0 fully saturated rings. The molecule has 0 radical (unpaired) electrons. The third-order valence-corrected chi connectivity index (χ3v) is 16.1. The van der Waals surface area contributed by atoms with E-state index in [1.165, 1.54) is 202 Å². The lowest BCUT2D eigenvalue weighted by atomic mass is 10.0. The number of hydrogen-bond donors (Lipinski definition) is 0. The standard InChI is InChI=1S/C60H100N4O2S2/c1-5-7-9-11-13-15-17-19-21-23-25-27-29-35-55-37-33-39-59(47-55)65-49-57(63-43-41-61(3)53-63)51-67-45-31-32-46-68-52-58(64-44-42-62(4)54-64)50-66-60-40-34-38-56(48-60)36-30-28-26-24-22-20-18-16-14-12-10-8-6-2/h33-34,37-44,47-48,53-54,57-58H,5-32,35-36,45-46,49-52H2,1-4H3/q+2. The second kappa shape index (κ2) is 38.9. The molecule has 8 heteroatoms. The number of imidazole rings is 2. The smallest absolute Gasteiger partial charge is 0.243 e. The van der Waals surface area contributed by atoms with Crippen LogP contribution in [-0.4, -0.2) is 45.4 Å². The van der Waals surface area contributed by atoms with Gasteiger partial charge in [-0.2, -0.15) is 23.5 Å². The molecular formula is C60H100N4O2S2+2. The van der Waals surface area contributed by atoms with Crippen LogP contribution in [0.15, 0.2) is 86.0 Å². The molecule has 0 aliphatic carbocycles. The van der Waals surface area contributed by atoms with Crippen molar-refractivity contribution in [2.45, 2.75) is 219 Å². The number of aryl methyl sites for hydroxylation is 4. The normalized spacial score (nSPS) is 12.5. The fraction of sp³-hybridized carbons (Fsp3) is 0.700. The summed E-state index contributed by atoms with van der Waals surface area (Å²) in [5.41, 5.74) is 2.81. The Balaban J connectivity index is 1.07. The van der Waals surface area contributed by atoms with E-state index in [1.807, 2.05) is 0 Å². The summed E-state index contributed by atoms with van der Waals surface area (Å²) in [6, 6.07) is 18.3. The summed E-state index contributed by atoms with van der Waals surface area (Å²) < 4.78 is 21.9. The van der Waals surface area contributed by atoms with E-state index in [0.717, 1.165) is 35.8 Å². The Morgan fingerprint density at radius 2 is 0.779 bits per heavy atom. The SMILES string of the molecule is CCCCCCCCCCCCCCCc1cccc(OCC(CSCCCCSCC(COc2cccc(CCCCCCCCCCCCCCC)c2)n2cc[n+](C)c2)n2cc[n+](C)c2)c1. The Labute approximate surface area is 426 Å². The van der Waals surface area contributed by atoms with Gasteiger partial charge < -0.3 is 9.47 Å². The predicted molar refractivity (Wildman–Crippen MR) is 296 cm³/mol. The third-order valence-electron chi connectivity index (χ3n) is 13.7. The first-order valence-electron chi connectivity index (χ1n) is 28.2. The summed E-state index contributed by atoms with van der Waals surface area (Å²) >= 11 is 4.14. The van der Waals surface area contributed by atoms with Gasteiger partial charge in [0.25, 0.3) is 0 Å². The molecule has 0 aliphatic heterocycles. The van der Waals surface area contributed by atoms with Crippen LogP contribution in [0.4, 0.5) is 0 Å². The third kappa shape index (κ3) is 27.5. The molecule has 0 spiro atoms. The van der Waals surface area contributed by atoms with Gasteiger partial charge in [-0.25, -0.2) is 18.3 Å². The van der Waals surface area contributed by atoms with E-state index in [9.17, 15) is 0 Å². The molecule has 68 heavy (non-hydrogen) atoms. The number of hydrogen-bond acceptors (Lipinski definition) is 4. The van der Waals surface area contributed by atoms with Crippen LogP contribution in [0.1, 0.15) is 217 Å². The number of benzene rings is 2. The fourth-order valence-corrected chi connectivity index (χ4v) is 11.5. The van der Waals surface area contributed by atoms with Crippen LogP contribution in [-0.2, 0) is 26.9 Å². The van der Waals surface area contributed by atoms with Gasteiger partial charge >= 0.3 is 0 Å². The molecule has 4 aromatic rings. The lowest BCUT2D eigenvalue weighted by molar-refractivity contribution is -0.671. The molecule has 2 unspecified atom stereocenters. The van der Waals surface area contributed by atoms with E-state index in [0.29, 0.717) is 25.3 Å². The van der Waals surface area contributed by atoms with Gasteiger partial charge in [0.05, 0.1) is 14.1 Å². The van der Waals surface area contributed by atoms with Crippen LogP contribution >= 0.6 is 23.5 Å². The van der Waals surface area contributed by atoms with Crippen molar-refractivity contribution >= 4 is 23.5 Å². The van der Waals surface area contributed by atoms with Crippen molar-refractivity contribution in [2.24, 2.45) is 14.1 Å². The minimum absolute atomic E-state index is 0.295. The first-order chi connectivity index (χ1) is 33.5. The van der Waals surface area contributed by atoms with Crippen LogP contribution in [0.5, 0.6) is 11.5 Å². The maximum absolute atomic E-state index is 6.50. The van der Waals surface area contributed by atoms with Gasteiger partial charge in [-0.05, 0) is 85.4 Å². The maximum atomic E-state index is 6.50. The molecule has 2 heterocycles. The van der Waals surface area contributed by atoms with E-state index in [4.69, 9.17) is 9.47 Å². The van der Waals surface area contributed by atoms with Crippen molar-refractivity contribution in [3.05, 3.63) is 97.1 Å². The number of ether oxygens (including phenoxy) is 2. The highest BCUT2D eigenvalue weighted by atomic mass is 32.2. The Morgan fingerprint density at radius 1 is 0.441 bits per heavy atom. The maximum Gasteiger partial charge on any atom is 0.243 e. The van der Waals surface area contributed by atoms with Gasteiger partial charge in [0, 0.05) is 11.5 Å². The summed E-state index contributed by atoms with van der Waals surface area (Å²) in [5, 5.41) is 0. The lowest BCUT2D eigenvalue weighted by Gasteiger charge is -2.16. The Morgan fingerprint density at radius 3 is 1.10 bits per heavy atom. The van der Waals surface area contributed by atoms with Gasteiger partial charge in [0.1, 0.15) is 61.6 Å². The molecule has 4 rings (SSSR count). The molecule has 0 N–H and O–H groups in total. The molecular weight excluding hydrogens is 873 g/mol. The average Bonchev–Trinajstić information content (AvgIpc) is 4.00. The van der Waals surface area contributed by atoms with Gasteiger partial charge in [0.15, 0.2) is 0 Å². The fourth-order valence-electron chi connectivity index (χ4n) is 9.32. The average molecular weight is 974 g/mol. The largest absolute Gasteiger partial charge is 0.489 e. The topological polar surface area (TPSA) is 36.1 Å². The van der Waals surface area contributed by atoms with Crippen LogP contribution in [0.25, 0.3) is 0 Å². The van der Waals surface area contributed by atoms with E-state index < -0.39 is 0 Å². The van der Waals surface area contributed by atoms with Gasteiger partial charge in [-0.3, -0.25) is 0 Å². The lowest BCUT2D eigenvalue weighted by Crippen LogP contribution is -2.26. The predicted octanol–water partition coefficient (Wildman–Crippen LogP) is 16.4. The number of aromatic nitrogens is 4. The molecule has 0 bridgehead atoms. The summed E-state index contributed by atoms with van der Waals surface area (Å²) in [7, 11) is 4.21. The van der Waals surface area contributed by atoms with E-state index in [1.54, 1.807) is 0 Å². The number of nitrogens with zero attached hydrogens (tertiary/aromatic N) is 4. The minimum atomic E-state index is 0.295. The zero-order valence-corrected chi connectivity index (χ0v) is 45.7. The summed E-state index contributed by atoms with van der Waals surface area (Å²) in [6.07, 6.45) is 54.1. The van der Waals surface area contributed by atoms with Crippen molar-refractivity contribution in [2.75, 3.05) is 36.2 Å². The van der Waals surface area contributed by atoms with Crippen LogP contribution < -0.4 is 18.6 Å². The van der Waals surface area contributed by atoms with Gasteiger partial charge in [-0.15, -0.1) is 0 Å². The highest BCUT2D eigenvalue weighted by Crippen LogP contribution is 2.24. The summed E-state index contributed by atoms with van der Waals surface area (Å²) in [6.45, 7) is 5.97. The second-order valence-electron chi connectivity index (χ2n) is 20.1. The molecule has 6 nitrogen and oxygen atoms in total. The van der Waals surface area contributed by atoms with Crippen molar-refractivity contribution in [3.8, 4) is 11.5 Å². The van der Waals surface area contributed by atoms with E-state index in [-0.39, 0.29) is 0 Å². The molecule has 0 saturated heterocycles. The van der Waals surface area contributed by atoms with E-state index >= 15 is 0 Å². The first-order valence-corrected chi connectivity index (χ1v) is 30.5. The Kier molecular flexibility index (Phi) is 33.0. The second-order valence-corrected chi connectivity index (χ2v) is 22.4. The number of unbranched alkanes of at least 4 members (excludes halogenated alkanes) is 25. The molecule has 2 aromatic carbocycles. The van der Waals surface area contributed by atoms with Crippen LogP contribution in [0, 0.1) is 0 Å². The molecule has 2 atom stereocenters. The molecule has 382 valence electrons. The molecule has 2 aromatic heterocycles. The molecule has 0 amide bonds. The minimum Gasteiger partial charge on any atom is -0.489 e. The van der Waals surface area contributed by atoms with Crippen LogP contribution in [0.2, 0.25) is 0 Å².